The first-order chi connectivity index (χ1) is 8.74. The highest BCUT2D eigenvalue weighted by Crippen LogP contribution is 2.26. The molecule has 0 unspecified atom stereocenters. The number of benzene rings is 1. The normalized spacial score (nSPS) is 13.4. The van der Waals surface area contributed by atoms with Crippen LogP contribution in [0.25, 0.3) is 0 Å². The molecule has 1 atom stereocenters. The molecule has 2 N–H and O–H groups in total. The van der Waals surface area contributed by atoms with E-state index in [0.717, 1.165) is 4.90 Å². The zero-order chi connectivity index (χ0) is 14.6. The summed E-state index contributed by atoms with van der Waals surface area (Å²) in [7, 11) is 0. The molecule has 0 saturated carbocycles. The number of nitrogens with zero attached hydrogens (tertiary/aromatic N) is 1. The molecule has 0 amide bonds. The van der Waals surface area contributed by atoms with Crippen LogP contribution < -0.4 is 10.6 Å². The van der Waals surface area contributed by atoms with Crippen molar-refractivity contribution < 1.29 is 17.6 Å². The highest BCUT2D eigenvalue weighted by atomic mass is 19.4. The lowest BCUT2D eigenvalue weighted by atomic mass is 10.1. The Labute approximate surface area is 110 Å². The van der Waals surface area contributed by atoms with Crippen molar-refractivity contribution >= 4 is 5.69 Å². The Kier molecular flexibility index (Phi) is 5.17. The minimum absolute atomic E-state index is 0.0384. The summed E-state index contributed by atoms with van der Waals surface area (Å²) in [5.41, 5.74) is 6.13. The number of rotatable bonds is 5. The molecule has 0 radical (unpaired) electrons. The third kappa shape index (κ3) is 4.70. The molecule has 0 saturated heterocycles. The number of nitrogens with two attached hydrogens (primary N) is 1. The lowest BCUT2D eigenvalue weighted by Gasteiger charge is -2.26. The van der Waals surface area contributed by atoms with Gasteiger partial charge in [-0.1, -0.05) is 13.0 Å². The molecule has 1 aromatic rings. The first-order valence-corrected chi connectivity index (χ1v) is 6.11. The third-order valence-electron chi connectivity index (χ3n) is 2.70. The minimum atomic E-state index is -4.36. The van der Waals surface area contributed by atoms with Gasteiger partial charge in [0.25, 0.3) is 0 Å². The predicted molar refractivity (Wildman–Crippen MR) is 67.6 cm³/mol. The molecule has 0 aromatic heterocycles. The van der Waals surface area contributed by atoms with E-state index in [4.69, 9.17) is 5.73 Å². The summed E-state index contributed by atoms with van der Waals surface area (Å²) in [6.45, 7) is 2.43. The van der Waals surface area contributed by atoms with Crippen LogP contribution in [-0.4, -0.2) is 19.3 Å². The molecule has 19 heavy (non-hydrogen) atoms. The van der Waals surface area contributed by atoms with Crippen LogP contribution in [0.2, 0.25) is 0 Å². The molecule has 0 aliphatic heterocycles. The molecule has 6 heteroatoms. The van der Waals surface area contributed by atoms with E-state index in [2.05, 4.69) is 0 Å². The maximum absolute atomic E-state index is 13.9. The number of anilines is 1. The van der Waals surface area contributed by atoms with Crippen molar-refractivity contribution in [2.24, 2.45) is 5.73 Å². The van der Waals surface area contributed by atoms with Gasteiger partial charge in [0.1, 0.15) is 12.4 Å². The van der Waals surface area contributed by atoms with E-state index in [1.807, 2.05) is 0 Å². The fraction of sp³-hybridized carbons (Fsp3) is 0.538. The number of halogens is 4. The van der Waals surface area contributed by atoms with Crippen molar-refractivity contribution in [2.45, 2.75) is 32.5 Å². The Balaban J connectivity index is 3.02. The summed E-state index contributed by atoms with van der Waals surface area (Å²) in [5, 5.41) is 0. The van der Waals surface area contributed by atoms with Gasteiger partial charge in [-0.15, -0.1) is 0 Å². The van der Waals surface area contributed by atoms with Crippen LogP contribution in [0, 0.1) is 5.82 Å². The highest BCUT2D eigenvalue weighted by molar-refractivity contribution is 5.49. The molecule has 2 nitrogen and oxygen atoms in total. The highest BCUT2D eigenvalue weighted by Gasteiger charge is 2.31. The molecule has 0 aliphatic rings. The van der Waals surface area contributed by atoms with E-state index in [1.54, 1.807) is 19.9 Å². The summed E-state index contributed by atoms with van der Waals surface area (Å²) in [6.07, 6.45) is -3.86. The molecule has 0 heterocycles. The fourth-order valence-electron chi connectivity index (χ4n) is 1.83. The SMILES string of the molecule is CCCN(CC(F)(F)F)c1ccc([C@H](C)N)cc1F. The van der Waals surface area contributed by atoms with Gasteiger partial charge in [0, 0.05) is 12.6 Å². The Morgan fingerprint density at radius 3 is 2.37 bits per heavy atom. The van der Waals surface area contributed by atoms with Crippen molar-refractivity contribution in [2.75, 3.05) is 18.0 Å². The Morgan fingerprint density at radius 1 is 1.32 bits per heavy atom. The third-order valence-corrected chi connectivity index (χ3v) is 2.70. The van der Waals surface area contributed by atoms with Gasteiger partial charge in [0.2, 0.25) is 0 Å². The second-order valence-electron chi connectivity index (χ2n) is 4.54. The molecule has 1 rings (SSSR count). The van der Waals surface area contributed by atoms with Crippen LogP contribution in [-0.2, 0) is 0 Å². The second kappa shape index (κ2) is 6.23. The number of alkyl halides is 3. The quantitative estimate of drug-likeness (QED) is 0.833. The molecule has 1 aromatic carbocycles. The van der Waals surface area contributed by atoms with Gasteiger partial charge in [-0.3, -0.25) is 0 Å². The van der Waals surface area contributed by atoms with Crippen molar-refractivity contribution in [3.63, 3.8) is 0 Å². The van der Waals surface area contributed by atoms with Gasteiger partial charge >= 0.3 is 6.18 Å². The number of hydrogen-bond acceptors (Lipinski definition) is 2. The monoisotopic (exact) mass is 278 g/mol. The zero-order valence-corrected chi connectivity index (χ0v) is 11.0. The molecule has 0 aliphatic carbocycles. The largest absolute Gasteiger partial charge is 0.405 e. The lowest BCUT2D eigenvalue weighted by Crippen LogP contribution is -2.35. The average Bonchev–Trinajstić information content (AvgIpc) is 2.26. The van der Waals surface area contributed by atoms with E-state index in [-0.39, 0.29) is 18.3 Å². The maximum atomic E-state index is 13.9. The molecular formula is C13H18F4N2. The summed E-state index contributed by atoms with van der Waals surface area (Å²) in [6, 6.07) is 3.75. The average molecular weight is 278 g/mol. The Hall–Kier alpha value is -1.30. The van der Waals surface area contributed by atoms with Crippen molar-refractivity contribution in [3.05, 3.63) is 29.6 Å². The molecular weight excluding hydrogens is 260 g/mol. The summed E-state index contributed by atoms with van der Waals surface area (Å²) in [5.74, 6) is -0.674. The fourth-order valence-corrected chi connectivity index (χ4v) is 1.83. The summed E-state index contributed by atoms with van der Waals surface area (Å²) in [4.78, 5) is 1.00. The predicted octanol–water partition coefficient (Wildman–Crippen LogP) is 3.62. The van der Waals surface area contributed by atoms with Crippen LogP contribution in [0.15, 0.2) is 18.2 Å². The summed E-state index contributed by atoms with van der Waals surface area (Å²) < 4.78 is 51.3. The van der Waals surface area contributed by atoms with Gasteiger partial charge in [-0.2, -0.15) is 13.2 Å². The Morgan fingerprint density at radius 2 is 1.95 bits per heavy atom. The van der Waals surface area contributed by atoms with Crippen molar-refractivity contribution in [1.82, 2.24) is 0 Å². The Bertz CT molecular complexity index is 416. The smallest absolute Gasteiger partial charge is 0.360 e. The molecule has 0 bridgehead atoms. The maximum Gasteiger partial charge on any atom is 0.405 e. The topological polar surface area (TPSA) is 29.3 Å². The van der Waals surface area contributed by atoms with Crippen molar-refractivity contribution in [1.29, 1.82) is 0 Å². The first kappa shape index (κ1) is 15.8. The lowest BCUT2D eigenvalue weighted by molar-refractivity contribution is -0.119. The van der Waals surface area contributed by atoms with Crippen molar-refractivity contribution in [3.8, 4) is 0 Å². The minimum Gasteiger partial charge on any atom is -0.360 e. The second-order valence-corrected chi connectivity index (χ2v) is 4.54. The summed E-state index contributed by atoms with van der Waals surface area (Å²) >= 11 is 0. The van der Waals surface area contributed by atoms with Crippen LogP contribution in [0.1, 0.15) is 31.9 Å². The van der Waals surface area contributed by atoms with E-state index in [1.165, 1.54) is 12.1 Å². The number of hydrogen-bond donors (Lipinski definition) is 1. The molecule has 108 valence electrons. The van der Waals surface area contributed by atoms with Gasteiger partial charge in [0.15, 0.2) is 0 Å². The van der Waals surface area contributed by atoms with Gasteiger partial charge in [-0.05, 0) is 31.0 Å². The van der Waals surface area contributed by atoms with E-state index >= 15 is 0 Å². The van der Waals surface area contributed by atoms with E-state index in [0.29, 0.717) is 12.0 Å². The van der Waals surface area contributed by atoms with Crippen LogP contribution in [0.4, 0.5) is 23.2 Å². The van der Waals surface area contributed by atoms with Crippen LogP contribution in [0.3, 0.4) is 0 Å². The van der Waals surface area contributed by atoms with Gasteiger partial charge in [0.05, 0.1) is 5.69 Å². The molecule has 0 fully saturated rings. The standard InChI is InChI=1S/C13H18F4N2/c1-3-6-19(8-13(15,16)17)12-5-4-10(9(2)18)7-11(12)14/h4-5,7,9H,3,6,8,18H2,1-2H3/t9-/m0/s1. The first-order valence-electron chi connectivity index (χ1n) is 6.11. The van der Waals surface area contributed by atoms with E-state index in [9.17, 15) is 17.6 Å². The van der Waals surface area contributed by atoms with Gasteiger partial charge < -0.3 is 10.6 Å². The van der Waals surface area contributed by atoms with Crippen LogP contribution in [0.5, 0.6) is 0 Å². The zero-order valence-electron chi connectivity index (χ0n) is 11.0. The van der Waals surface area contributed by atoms with Gasteiger partial charge in [-0.25, -0.2) is 4.39 Å². The van der Waals surface area contributed by atoms with E-state index < -0.39 is 18.5 Å². The van der Waals surface area contributed by atoms with Crippen LogP contribution >= 0.6 is 0 Å². The molecule has 0 spiro atoms.